The van der Waals surface area contributed by atoms with Gasteiger partial charge in [-0.15, -0.1) is 0 Å². The molecule has 3 aromatic carbocycles. The molecule has 0 saturated carbocycles. The van der Waals surface area contributed by atoms with Crippen molar-refractivity contribution in [1.29, 1.82) is 0 Å². The van der Waals surface area contributed by atoms with Crippen LogP contribution >= 0.6 is 44.7 Å². The van der Waals surface area contributed by atoms with Crippen LogP contribution in [0.3, 0.4) is 0 Å². The van der Waals surface area contributed by atoms with Gasteiger partial charge in [-0.1, -0.05) is 46.3 Å². The molecule has 2 N–H and O–H groups in total. The van der Waals surface area contributed by atoms with Gasteiger partial charge in [-0.05, 0) is 52.3 Å². The molecule has 0 fully saturated rings. The zero-order valence-corrected chi connectivity index (χ0v) is 30.3. The van der Waals surface area contributed by atoms with Crippen LogP contribution in [0.2, 0.25) is 0 Å². The maximum atomic E-state index is 13.4. The Balaban J connectivity index is 0.000000244. The second-order valence-electron chi connectivity index (χ2n) is 9.51. The van der Waals surface area contributed by atoms with Crippen molar-refractivity contribution in [2.24, 2.45) is 4.30 Å². The van der Waals surface area contributed by atoms with E-state index in [0.717, 1.165) is 24.7 Å². The quantitative estimate of drug-likeness (QED) is 0.0716. The van der Waals surface area contributed by atoms with Gasteiger partial charge in [0.1, 0.15) is 50.9 Å². The molecule has 0 saturated heterocycles. The topological polar surface area (TPSA) is 91.5 Å². The van der Waals surface area contributed by atoms with E-state index in [1.807, 2.05) is 0 Å². The molecule has 0 amide bonds. The number of halogens is 11. The Morgan fingerprint density at radius 3 is 1.42 bits per heavy atom. The first kappa shape index (κ1) is 44.8. The standard InChI is InChI=1S/C11H5BrF3N.C11H6F3N.C6H6BFO2.C5H2BrF2N.BHNS/c12-6-1-2-9(14)8(3-6)11-10(15)4-7(13)5-16-11;12-7-5-10(14)11(15-6-7)8-3-1-2-4-9(8)13;8-6-4-2-1-3-5(6)7(9)10;6-5-4(8)1-3(7)2-9-5;1-2-3/h1-5H;1-6H;1-4,9-10H;1-2H;3H. The number of rotatable bonds is 3. The van der Waals surface area contributed by atoms with Crippen LogP contribution in [-0.2, 0) is 0 Å². The van der Waals surface area contributed by atoms with Crippen molar-refractivity contribution in [1.82, 2.24) is 15.0 Å². The first-order chi connectivity index (χ1) is 25.1. The molecule has 3 heterocycles. The number of thiol groups is 1. The third kappa shape index (κ3) is 14.9. The van der Waals surface area contributed by atoms with Crippen molar-refractivity contribution >= 4 is 64.9 Å². The molecule has 6 nitrogen and oxygen atoms in total. The number of benzene rings is 3. The summed E-state index contributed by atoms with van der Waals surface area (Å²) in [5.41, 5.74) is -0.473. The van der Waals surface area contributed by atoms with Gasteiger partial charge < -0.3 is 10.0 Å². The zero-order chi connectivity index (χ0) is 39.7. The summed E-state index contributed by atoms with van der Waals surface area (Å²) in [6.07, 6.45) is 2.64. The fourth-order valence-corrected chi connectivity index (χ4v) is 4.22. The van der Waals surface area contributed by atoms with Gasteiger partial charge in [-0.25, -0.2) is 44.5 Å². The molecule has 3 aromatic heterocycles. The van der Waals surface area contributed by atoms with Crippen LogP contribution < -0.4 is 5.46 Å². The molecule has 6 rings (SSSR count). The molecule has 1 radical (unpaired) electrons. The van der Waals surface area contributed by atoms with Gasteiger partial charge in [0.15, 0.2) is 17.5 Å². The predicted octanol–water partition coefficient (Wildman–Crippen LogP) is 8.91. The van der Waals surface area contributed by atoms with Gasteiger partial charge in [0.2, 0.25) is 0 Å². The third-order valence-corrected chi connectivity index (χ3v) is 6.95. The van der Waals surface area contributed by atoms with Gasteiger partial charge in [0, 0.05) is 39.3 Å². The fraction of sp³-hybridized carbons (Fsp3) is 0. The second-order valence-corrected chi connectivity index (χ2v) is 11.4. The maximum absolute atomic E-state index is 13.4. The molecule has 53 heavy (non-hydrogen) atoms. The van der Waals surface area contributed by atoms with Gasteiger partial charge >= 0.3 is 31.9 Å². The normalized spacial score (nSPS) is 9.75. The van der Waals surface area contributed by atoms with Crippen molar-refractivity contribution in [2.75, 3.05) is 0 Å². The Morgan fingerprint density at radius 1 is 0.547 bits per heavy atom. The van der Waals surface area contributed by atoms with Crippen LogP contribution in [0.25, 0.3) is 22.5 Å². The van der Waals surface area contributed by atoms with Crippen LogP contribution in [-0.4, -0.2) is 39.8 Å². The molecule has 0 spiro atoms. The molecule has 273 valence electrons. The molecule has 6 aromatic rings. The van der Waals surface area contributed by atoms with E-state index in [1.54, 1.807) is 6.07 Å². The Morgan fingerprint density at radius 2 is 0.981 bits per heavy atom. The van der Waals surface area contributed by atoms with Gasteiger partial charge in [0.25, 0.3) is 0 Å². The van der Waals surface area contributed by atoms with Crippen molar-refractivity contribution in [2.45, 2.75) is 0 Å². The molecule has 0 aliphatic rings. The summed E-state index contributed by atoms with van der Waals surface area (Å²) in [6, 6.07) is 17.3. The second kappa shape index (κ2) is 22.7. The van der Waals surface area contributed by atoms with E-state index >= 15 is 0 Å². The van der Waals surface area contributed by atoms with Crippen LogP contribution in [0, 0.1) is 52.4 Å². The SMILES string of the molecule is Fc1cnc(-c2cc(Br)ccc2F)c(F)c1.Fc1cnc(-c2ccccc2F)c(F)c1.Fc1cnc(Br)c(F)c1.OB(O)c1ccccc1F.[B]=NS. The zero-order valence-electron chi connectivity index (χ0n) is 26.3. The monoisotopic (exact) mass is 887 g/mol. The van der Waals surface area contributed by atoms with E-state index in [9.17, 15) is 39.5 Å². The molecule has 20 heteroatoms. The fourth-order valence-electron chi connectivity index (χ4n) is 3.64. The van der Waals surface area contributed by atoms with Crippen molar-refractivity contribution in [3.05, 3.63) is 165 Å². The molecule has 0 atom stereocenters. The number of aromatic nitrogens is 3. The Kier molecular flexibility index (Phi) is 19.1. The van der Waals surface area contributed by atoms with Crippen molar-refractivity contribution < 1.29 is 49.6 Å². The summed E-state index contributed by atoms with van der Waals surface area (Å²) >= 11 is 9.11. The third-order valence-electron chi connectivity index (χ3n) is 5.87. The number of nitrogens with zero attached hydrogens (tertiary/aromatic N) is 4. The summed E-state index contributed by atoms with van der Waals surface area (Å²) in [6.45, 7) is 0. The summed E-state index contributed by atoms with van der Waals surface area (Å²) in [4.78, 5) is 10.4. The van der Waals surface area contributed by atoms with Crippen molar-refractivity contribution in [3.8, 4) is 22.5 Å². The Labute approximate surface area is 319 Å². The molecule has 0 unspecified atom stereocenters. The predicted molar refractivity (Wildman–Crippen MR) is 192 cm³/mol. The van der Waals surface area contributed by atoms with Crippen LogP contribution in [0.4, 0.5) is 39.5 Å². The van der Waals surface area contributed by atoms with Crippen LogP contribution in [0.5, 0.6) is 0 Å². The van der Waals surface area contributed by atoms with E-state index in [4.69, 9.17) is 10.0 Å². The average Bonchev–Trinajstić information content (AvgIpc) is 3.10. The van der Waals surface area contributed by atoms with E-state index in [-0.39, 0.29) is 32.6 Å². The van der Waals surface area contributed by atoms with E-state index in [2.05, 4.69) is 71.6 Å². The first-order valence-corrected chi connectivity index (χ1v) is 16.0. The van der Waals surface area contributed by atoms with E-state index in [1.165, 1.54) is 60.7 Å². The molecule has 0 aliphatic heterocycles. The number of hydrogen-bond donors (Lipinski definition) is 3. The first-order valence-electron chi connectivity index (χ1n) is 14.0. The summed E-state index contributed by atoms with van der Waals surface area (Å²) < 4.78 is 119. The molecule has 0 bridgehead atoms. The molecular weight excluding hydrogens is 869 g/mol. The summed E-state index contributed by atoms with van der Waals surface area (Å²) in [5, 5.41) is 17.0. The summed E-state index contributed by atoms with van der Waals surface area (Å²) in [5.74, 6) is -6.50. The van der Waals surface area contributed by atoms with Crippen LogP contribution in [0.1, 0.15) is 0 Å². The minimum atomic E-state index is -1.72. The Hall–Kier alpha value is -4.36. The van der Waals surface area contributed by atoms with E-state index < -0.39 is 59.5 Å². The molecule has 0 aliphatic carbocycles. The van der Waals surface area contributed by atoms with Crippen LogP contribution in [0.15, 0.2) is 117 Å². The van der Waals surface area contributed by atoms with Crippen molar-refractivity contribution in [3.63, 3.8) is 0 Å². The minimum absolute atomic E-state index is 0.00752. The van der Waals surface area contributed by atoms with Gasteiger partial charge in [-0.3, -0.25) is 9.97 Å². The van der Waals surface area contributed by atoms with Gasteiger partial charge in [0.05, 0.1) is 18.6 Å². The van der Waals surface area contributed by atoms with E-state index in [0.29, 0.717) is 16.6 Å². The number of hydrogen-bond acceptors (Lipinski definition) is 7. The van der Waals surface area contributed by atoms with Gasteiger partial charge in [-0.2, -0.15) is 0 Å². The summed E-state index contributed by atoms with van der Waals surface area (Å²) in [7, 11) is 2.62. The average molecular weight is 889 g/mol. The molecular formula is C33H20B2Br2F9N4O2S. The Bertz CT molecular complexity index is 2130. The number of pyridine rings is 3.